The first-order valence-corrected chi connectivity index (χ1v) is 7.31. The molecule has 0 atom stereocenters. The van der Waals surface area contributed by atoms with Crippen LogP contribution >= 0.6 is 11.3 Å². The highest BCUT2D eigenvalue weighted by Gasteiger charge is 2.13. The molecule has 0 aliphatic heterocycles. The van der Waals surface area contributed by atoms with E-state index in [2.05, 4.69) is 15.3 Å². The second-order valence-corrected chi connectivity index (χ2v) is 5.54. The van der Waals surface area contributed by atoms with Gasteiger partial charge in [0.25, 0.3) is 0 Å². The van der Waals surface area contributed by atoms with Crippen LogP contribution in [0.1, 0.15) is 11.4 Å². The van der Waals surface area contributed by atoms with Crippen LogP contribution in [-0.4, -0.2) is 25.5 Å². The summed E-state index contributed by atoms with van der Waals surface area (Å²) < 4.78 is 1.72. The quantitative estimate of drug-likeness (QED) is 0.772. The summed E-state index contributed by atoms with van der Waals surface area (Å²) in [4.78, 5) is 20.5. The molecule has 3 aromatic rings. The van der Waals surface area contributed by atoms with E-state index in [9.17, 15) is 9.90 Å². The predicted molar refractivity (Wildman–Crippen MR) is 81.1 cm³/mol. The minimum Gasteiger partial charge on any atom is -0.388 e. The van der Waals surface area contributed by atoms with E-state index in [1.807, 2.05) is 25.1 Å². The van der Waals surface area contributed by atoms with Crippen molar-refractivity contribution in [1.29, 1.82) is 0 Å². The number of aliphatic hydroxyl groups is 1. The van der Waals surface area contributed by atoms with Crippen molar-refractivity contribution in [3.8, 4) is 0 Å². The minimum absolute atomic E-state index is 0.0923. The zero-order chi connectivity index (χ0) is 14.8. The third-order valence-electron chi connectivity index (χ3n) is 3.10. The molecule has 2 N–H and O–H groups in total. The number of thiazole rings is 1. The number of imidazole rings is 1. The Labute approximate surface area is 125 Å². The van der Waals surface area contributed by atoms with Gasteiger partial charge < -0.3 is 15.0 Å². The minimum atomic E-state index is -0.210. The van der Waals surface area contributed by atoms with Gasteiger partial charge in [-0.25, -0.2) is 9.97 Å². The molecule has 0 spiro atoms. The number of rotatable bonds is 4. The van der Waals surface area contributed by atoms with E-state index in [0.717, 1.165) is 16.6 Å². The van der Waals surface area contributed by atoms with Crippen LogP contribution in [0.25, 0.3) is 11.0 Å². The summed E-state index contributed by atoms with van der Waals surface area (Å²) in [6.45, 7) is 1.86. The number of anilines is 1. The Morgan fingerprint density at radius 1 is 1.48 bits per heavy atom. The van der Waals surface area contributed by atoms with Gasteiger partial charge in [-0.3, -0.25) is 4.79 Å². The number of fused-ring (bicyclic) bond motifs is 1. The monoisotopic (exact) mass is 302 g/mol. The number of hydrogen-bond acceptors (Lipinski definition) is 5. The van der Waals surface area contributed by atoms with E-state index in [1.165, 1.54) is 11.3 Å². The maximum absolute atomic E-state index is 12.1. The fourth-order valence-corrected chi connectivity index (χ4v) is 2.72. The van der Waals surface area contributed by atoms with E-state index in [4.69, 9.17) is 0 Å². The van der Waals surface area contributed by atoms with Crippen molar-refractivity contribution in [2.75, 3.05) is 5.32 Å². The van der Waals surface area contributed by atoms with Crippen molar-refractivity contribution in [2.24, 2.45) is 0 Å². The highest BCUT2D eigenvalue weighted by Crippen LogP contribution is 2.18. The summed E-state index contributed by atoms with van der Waals surface area (Å²) in [7, 11) is 0. The Bertz CT molecular complexity index is 780. The van der Waals surface area contributed by atoms with Crippen LogP contribution < -0.4 is 5.32 Å². The van der Waals surface area contributed by atoms with Crippen LogP contribution in [-0.2, 0) is 17.9 Å². The number of carbonyl (C=O) groups excluding carboxylic acids is 1. The molecule has 0 bridgehead atoms. The summed E-state index contributed by atoms with van der Waals surface area (Å²) in [6.07, 6.45) is 1.63. The highest BCUT2D eigenvalue weighted by atomic mass is 32.1. The normalized spacial score (nSPS) is 11.0. The number of aryl methyl sites for hydroxylation is 1. The number of amides is 1. The molecule has 0 radical (unpaired) electrons. The van der Waals surface area contributed by atoms with Crippen LogP contribution in [0.4, 0.5) is 5.13 Å². The molecule has 108 valence electrons. The molecular formula is C14H14N4O2S. The van der Waals surface area contributed by atoms with Gasteiger partial charge in [0.15, 0.2) is 5.13 Å². The molecule has 0 fully saturated rings. The number of hydrogen-bond donors (Lipinski definition) is 2. The standard InChI is InChI=1S/C14H14N4O2S/c1-9-2-3-11-10(6-9)16-12(8-19)18(11)7-13(20)17-14-15-4-5-21-14/h2-6,19H,7-8H2,1H3,(H,15,17,20). The van der Waals surface area contributed by atoms with E-state index < -0.39 is 0 Å². The van der Waals surface area contributed by atoms with E-state index in [1.54, 1.807) is 16.1 Å². The number of nitrogens with zero attached hydrogens (tertiary/aromatic N) is 3. The lowest BCUT2D eigenvalue weighted by Gasteiger charge is -2.07. The largest absolute Gasteiger partial charge is 0.388 e. The lowest BCUT2D eigenvalue weighted by molar-refractivity contribution is -0.116. The van der Waals surface area contributed by atoms with Crippen LogP contribution in [0, 0.1) is 6.92 Å². The smallest absolute Gasteiger partial charge is 0.246 e. The lowest BCUT2D eigenvalue weighted by atomic mass is 10.2. The van der Waals surface area contributed by atoms with Gasteiger partial charge in [-0.15, -0.1) is 11.3 Å². The van der Waals surface area contributed by atoms with Gasteiger partial charge in [-0.05, 0) is 24.6 Å². The molecule has 7 heteroatoms. The average molecular weight is 302 g/mol. The summed E-state index contributed by atoms with van der Waals surface area (Å²) in [5.74, 6) is 0.282. The molecule has 0 aliphatic rings. The maximum Gasteiger partial charge on any atom is 0.246 e. The summed E-state index contributed by atoms with van der Waals surface area (Å²) >= 11 is 1.36. The van der Waals surface area contributed by atoms with E-state index in [0.29, 0.717) is 11.0 Å². The van der Waals surface area contributed by atoms with Crippen LogP contribution in [0.2, 0.25) is 0 Å². The molecule has 1 amide bonds. The van der Waals surface area contributed by atoms with Gasteiger partial charge in [0.2, 0.25) is 5.91 Å². The van der Waals surface area contributed by atoms with Crippen molar-refractivity contribution in [3.05, 3.63) is 41.2 Å². The molecule has 2 heterocycles. The van der Waals surface area contributed by atoms with Gasteiger partial charge >= 0.3 is 0 Å². The molecular weight excluding hydrogens is 288 g/mol. The number of aromatic nitrogens is 3. The maximum atomic E-state index is 12.1. The fourth-order valence-electron chi connectivity index (χ4n) is 2.17. The molecule has 1 aromatic carbocycles. The van der Waals surface area contributed by atoms with Gasteiger partial charge in [0, 0.05) is 11.6 Å². The first kappa shape index (κ1) is 13.7. The third kappa shape index (κ3) is 2.79. The Kier molecular flexibility index (Phi) is 3.68. The fraction of sp³-hybridized carbons (Fsp3) is 0.214. The molecule has 0 unspecified atom stereocenters. The Morgan fingerprint density at radius 3 is 3.05 bits per heavy atom. The average Bonchev–Trinajstić information content (AvgIpc) is 3.06. The SMILES string of the molecule is Cc1ccc2c(c1)nc(CO)n2CC(=O)Nc1nccs1. The van der Waals surface area contributed by atoms with Crippen LogP contribution in [0.3, 0.4) is 0 Å². The molecule has 0 aliphatic carbocycles. The molecule has 0 saturated heterocycles. The number of aliphatic hydroxyl groups excluding tert-OH is 1. The third-order valence-corrected chi connectivity index (χ3v) is 3.79. The Morgan fingerprint density at radius 2 is 2.33 bits per heavy atom. The number of carbonyl (C=O) groups is 1. The van der Waals surface area contributed by atoms with Crippen molar-refractivity contribution in [2.45, 2.75) is 20.1 Å². The van der Waals surface area contributed by atoms with E-state index in [-0.39, 0.29) is 19.1 Å². The molecule has 3 rings (SSSR count). The van der Waals surface area contributed by atoms with Crippen molar-refractivity contribution < 1.29 is 9.90 Å². The number of nitrogens with one attached hydrogen (secondary N) is 1. The van der Waals surface area contributed by atoms with Crippen molar-refractivity contribution in [3.63, 3.8) is 0 Å². The van der Waals surface area contributed by atoms with Gasteiger partial charge in [0.1, 0.15) is 19.0 Å². The van der Waals surface area contributed by atoms with Crippen molar-refractivity contribution >= 4 is 33.4 Å². The first-order chi connectivity index (χ1) is 10.2. The Balaban J connectivity index is 1.90. The molecule has 21 heavy (non-hydrogen) atoms. The van der Waals surface area contributed by atoms with Crippen molar-refractivity contribution in [1.82, 2.24) is 14.5 Å². The van der Waals surface area contributed by atoms with Gasteiger partial charge in [0.05, 0.1) is 11.0 Å². The van der Waals surface area contributed by atoms with Crippen LogP contribution in [0.15, 0.2) is 29.8 Å². The Hall–Kier alpha value is -2.25. The topological polar surface area (TPSA) is 80.0 Å². The highest BCUT2D eigenvalue weighted by molar-refractivity contribution is 7.13. The summed E-state index contributed by atoms with van der Waals surface area (Å²) in [6, 6.07) is 5.80. The lowest BCUT2D eigenvalue weighted by Crippen LogP contribution is -2.20. The number of benzene rings is 1. The molecule has 0 saturated carbocycles. The zero-order valence-corrected chi connectivity index (χ0v) is 12.2. The van der Waals surface area contributed by atoms with Crippen LogP contribution in [0.5, 0.6) is 0 Å². The first-order valence-electron chi connectivity index (χ1n) is 6.43. The molecule has 2 aromatic heterocycles. The molecule has 6 nitrogen and oxygen atoms in total. The second-order valence-electron chi connectivity index (χ2n) is 4.65. The van der Waals surface area contributed by atoms with Gasteiger partial charge in [-0.2, -0.15) is 0 Å². The zero-order valence-electron chi connectivity index (χ0n) is 11.4. The van der Waals surface area contributed by atoms with E-state index >= 15 is 0 Å². The summed E-state index contributed by atoms with van der Waals surface area (Å²) in [5, 5.41) is 14.5. The predicted octanol–water partition coefficient (Wildman–Crippen LogP) is 1.93. The second kappa shape index (κ2) is 5.63. The summed E-state index contributed by atoms with van der Waals surface area (Å²) in [5.41, 5.74) is 2.70. The van der Waals surface area contributed by atoms with Gasteiger partial charge in [-0.1, -0.05) is 6.07 Å².